The van der Waals surface area contributed by atoms with Crippen LogP contribution in [-0.2, 0) is 4.79 Å². The predicted octanol–water partition coefficient (Wildman–Crippen LogP) is 3.40. The molecule has 0 spiro atoms. The number of hydrogen-bond donors (Lipinski definition) is 2. The third kappa shape index (κ3) is 4.98. The highest BCUT2D eigenvalue weighted by Gasteiger charge is 2.27. The summed E-state index contributed by atoms with van der Waals surface area (Å²) in [5, 5.41) is 10.0. The SMILES string of the molecule is CC(=O)Nc1cccc(Nc2ncnc(N3CCC(c4nc(-c5cccnc5)no4)CC3)n2)c1. The highest BCUT2D eigenvalue weighted by Crippen LogP contribution is 2.30. The molecule has 0 atom stereocenters. The fourth-order valence-corrected chi connectivity index (χ4v) is 3.85. The van der Waals surface area contributed by atoms with Gasteiger partial charge in [-0.1, -0.05) is 11.2 Å². The minimum Gasteiger partial charge on any atom is -0.341 e. The summed E-state index contributed by atoms with van der Waals surface area (Å²) in [5.74, 6) is 2.31. The van der Waals surface area contributed by atoms with Crippen LogP contribution in [0.5, 0.6) is 0 Å². The Morgan fingerprint density at radius 2 is 1.94 bits per heavy atom. The van der Waals surface area contributed by atoms with Gasteiger partial charge in [0.05, 0.1) is 0 Å². The molecule has 1 amide bonds. The van der Waals surface area contributed by atoms with E-state index in [-0.39, 0.29) is 11.8 Å². The Labute approximate surface area is 195 Å². The van der Waals surface area contributed by atoms with E-state index in [1.54, 1.807) is 12.4 Å². The van der Waals surface area contributed by atoms with Crippen molar-refractivity contribution < 1.29 is 9.32 Å². The van der Waals surface area contributed by atoms with Crippen molar-refractivity contribution in [2.45, 2.75) is 25.7 Å². The van der Waals surface area contributed by atoms with E-state index >= 15 is 0 Å². The molecule has 3 aromatic heterocycles. The van der Waals surface area contributed by atoms with Gasteiger partial charge in [-0.3, -0.25) is 9.78 Å². The third-order valence-electron chi connectivity index (χ3n) is 5.49. The third-order valence-corrected chi connectivity index (χ3v) is 5.49. The average Bonchev–Trinajstić information content (AvgIpc) is 3.35. The Morgan fingerprint density at radius 1 is 1.09 bits per heavy atom. The van der Waals surface area contributed by atoms with Crippen LogP contribution in [0.2, 0.25) is 0 Å². The van der Waals surface area contributed by atoms with Gasteiger partial charge in [-0.25, -0.2) is 9.97 Å². The number of pyridine rings is 1. The number of nitrogens with one attached hydrogen (secondary N) is 2. The van der Waals surface area contributed by atoms with E-state index in [4.69, 9.17) is 4.52 Å². The molecule has 0 radical (unpaired) electrons. The van der Waals surface area contributed by atoms with Crippen molar-refractivity contribution in [3.63, 3.8) is 0 Å². The molecule has 1 aliphatic rings. The zero-order valence-corrected chi connectivity index (χ0v) is 18.5. The molecule has 11 heteroatoms. The van der Waals surface area contributed by atoms with Crippen molar-refractivity contribution in [2.24, 2.45) is 0 Å². The van der Waals surface area contributed by atoms with Gasteiger partial charge in [-0.15, -0.1) is 0 Å². The summed E-state index contributed by atoms with van der Waals surface area (Å²) in [6, 6.07) is 11.1. The van der Waals surface area contributed by atoms with E-state index in [9.17, 15) is 4.79 Å². The Kier molecular flexibility index (Phi) is 6.06. The van der Waals surface area contributed by atoms with Crippen molar-refractivity contribution in [2.75, 3.05) is 28.6 Å². The number of hydrogen-bond acceptors (Lipinski definition) is 10. The molecule has 5 rings (SSSR count). The van der Waals surface area contributed by atoms with Gasteiger partial charge in [0.2, 0.25) is 29.5 Å². The second-order valence-electron chi connectivity index (χ2n) is 7.96. The fourth-order valence-electron chi connectivity index (χ4n) is 3.85. The van der Waals surface area contributed by atoms with Crippen molar-refractivity contribution in [1.82, 2.24) is 30.1 Å². The average molecular weight is 457 g/mol. The van der Waals surface area contributed by atoms with E-state index in [2.05, 4.69) is 45.6 Å². The maximum absolute atomic E-state index is 11.3. The molecule has 1 aliphatic heterocycles. The minimum atomic E-state index is -0.128. The van der Waals surface area contributed by atoms with Gasteiger partial charge in [0, 0.05) is 55.3 Å². The maximum Gasteiger partial charge on any atom is 0.231 e. The molecule has 0 bridgehead atoms. The summed E-state index contributed by atoms with van der Waals surface area (Å²) >= 11 is 0. The van der Waals surface area contributed by atoms with Crippen LogP contribution < -0.4 is 15.5 Å². The Balaban J connectivity index is 1.22. The first-order valence-electron chi connectivity index (χ1n) is 11.0. The Hall–Kier alpha value is -4.41. The van der Waals surface area contributed by atoms with Crippen LogP contribution in [0.15, 0.2) is 59.6 Å². The lowest BCUT2D eigenvalue weighted by Crippen LogP contribution is -2.34. The first-order valence-corrected chi connectivity index (χ1v) is 11.0. The van der Waals surface area contributed by atoms with Crippen LogP contribution in [0.3, 0.4) is 0 Å². The van der Waals surface area contributed by atoms with Crippen molar-refractivity contribution in [1.29, 1.82) is 0 Å². The van der Waals surface area contributed by atoms with E-state index < -0.39 is 0 Å². The van der Waals surface area contributed by atoms with E-state index in [1.165, 1.54) is 13.3 Å². The number of amides is 1. The summed E-state index contributed by atoms with van der Waals surface area (Å²) in [4.78, 5) is 35.2. The minimum absolute atomic E-state index is 0.128. The molecule has 0 unspecified atom stereocenters. The predicted molar refractivity (Wildman–Crippen MR) is 126 cm³/mol. The zero-order valence-electron chi connectivity index (χ0n) is 18.5. The zero-order chi connectivity index (χ0) is 23.3. The van der Waals surface area contributed by atoms with Crippen molar-refractivity contribution in [3.8, 4) is 11.4 Å². The first kappa shape index (κ1) is 21.4. The molecule has 11 nitrogen and oxygen atoms in total. The van der Waals surface area contributed by atoms with E-state index in [0.717, 1.165) is 37.2 Å². The summed E-state index contributed by atoms with van der Waals surface area (Å²) in [6.45, 7) is 2.99. The van der Waals surface area contributed by atoms with Crippen LogP contribution in [0.1, 0.15) is 31.6 Å². The van der Waals surface area contributed by atoms with Crippen LogP contribution in [-0.4, -0.2) is 49.1 Å². The molecule has 0 aliphatic carbocycles. The quantitative estimate of drug-likeness (QED) is 0.443. The number of nitrogens with zero attached hydrogens (tertiary/aromatic N) is 7. The number of aromatic nitrogens is 6. The molecule has 1 aromatic carbocycles. The van der Waals surface area contributed by atoms with Gasteiger partial charge in [-0.05, 0) is 43.2 Å². The van der Waals surface area contributed by atoms with Gasteiger partial charge in [0.15, 0.2) is 0 Å². The number of benzene rings is 1. The number of anilines is 4. The van der Waals surface area contributed by atoms with Gasteiger partial charge < -0.3 is 20.1 Å². The lowest BCUT2D eigenvalue weighted by molar-refractivity contribution is -0.114. The highest BCUT2D eigenvalue weighted by atomic mass is 16.5. The smallest absolute Gasteiger partial charge is 0.231 e. The topological polar surface area (TPSA) is 135 Å². The summed E-state index contributed by atoms with van der Waals surface area (Å²) in [7, 11) is 0. The lowest BCUT2D eigenvalue weighted by atomic mass is 9.97. The van der Waals surface area contributed by atoms with Crippen molar-refractivity contribution >= 4 is 29.2 Å². The van der Waals surface area contributed by atoms with Gasteiger partial charge >= 0.3 is 0 Å². The standard InChI is InChI=1S/C23H23N9O2/c1-15(33)27-18-5-2-6-19(12-18)28-22-25-14-26-23(30-22)32-10-7-16(8-11-32)21-29-20(31-34-21)17-4-3-9-24-13-17/h2-6,9,12-14,16H,7-8,10-11H2,1H3,(H,27,33)(H,25,26,28,30). The first-order chi connectivity index (χ1) is 16.6. The highest BCUT2D eigenvalue weighted by molar-refractivity contribution is 5.89. The molecular weight excluding hydrogens is 434 g/mol. The molecule has 1 fully saturated rings. The number of carbonyl (C=O) groups excluding carboxylic acids is 1. The summed E-state index contributed by atoms with van der Waals surface area (Å²) in [5.41, 5.74) is 2.30. The van der Waals surface area contributed by atoms with Gasteiger partial charge in [0.25, 0.3) is 0 Å². The molecule has 0 saturated carbocycles. The van der Waals surface area contributed by atoms with Gasteiger partial charge in [0.1, 0.15) is 6.33 Å². The van der Waals surface area contributed by atoms with E-state index in [0.29, 0.717) is 29.3 Å². The molecule has 4 aromatic rings. The lowest BCUT2D eigenvalue weighted by Gasteiger charge is -2.30. The molecule has 172 valence electrons. The van der Waals surface area contributed by atoms with Crippen LogP contribution in [0.4, 0.5) is 23.3 Å². The Morgan fingerprint density at radius 3 is 2.74 bits per heavy atom. The second kappa shape index (κ2) is 9.61. The number of rotatable bonds is 6. The number of piperidine rings is 1. The van der Waals surface area contributed by atoms with Crippen molar-refractivity contribution in [3.05, 3.63) is 61.0 Å². The molecule has 4 heterocycles. The van der Waals surface area contributed by atoms with Crippen LogP contribution in [0.25, 0.3) is 11.4 Å². The molecule has 2 N–H and O–H groups in total. The summed E-state index contributed by atoms with van der Waals surface area (Å²) < 4.78 is 5.53. The second-order valence-corrected chi connectivity index (χ2v) is 7.96. The Bertz CT molecular complexity index is 1270. The molecule has 1 saturated heterocycles. The molecule has 34 heavy (non-hydrogen) atoms. The summed E-state index contributed by atoms with van der Waals surface area (Å²) in [6.07, 6.45) is 6.63. The number of carbonyl (C=O) groups is 1. The largest absolute Gasteiger partial charge is 0.341 e. The van der Waals surface area contributed by atoms with Gasteiger partial charge in [-0.2, -0.15) is 9.97 Å². The van der Waals surface area contributed by atoms with Crippen LogP contribution >= 0.6 is 0 Å². The maximum atomic E-state index is 11.3. The normalized spacial score (nSPS) is 14.1. The monoisotopic (exact) mass is 457 g/mol. The van der Waals surface area contributed by atoms with E-state index in [1.807, 2.05) is 36.4 Å². The van der Waals surface area contributed by atoms with Crippen LogP contribution in [0, 0.1) is 0 Å². The fraction of sp³-hybridized carbons (Fsp3) is 0.261. The molecular formula is C23H23N9O2.